The highest BCUT2D eigenvalue weighted by Gasteiger charge is 2.63. The fraction of sp³-hybridized carbons (Fsp3) is 0.381. The molecule has 2 aromatic heterocycles. The number of fused-ring (bicyclic) bond motifs is 5. The zero-order chi connectivity index (χ0) is 23.1. The summed E-state index contributed by atoms with van der Waals surface area (Å²) in [7, 11) is 0. The molecule has 0 unspecified atom stereocenters. The number of morpholine rings is 1. The van der Waals surface area contributed by atoms with E-state index in [9.17, 15) is 14.4 Å². The van der Waals surface area contributed by atoms with E-state index in [-0.39, 0.29) is 12.5 Å². The van der Waals surface area contributed by atoms with Crippen LogP contribution < -0.4 is 15.5 Å². The van der Waals surface area contributed by atoms with Gasteiger partial charge in [-0.2, -0.15) is 0 Å². The van der Waals surface area contributed by atoms with Gasteiger partial charge in [-0.25, -0.2) is 4.79 Å². The van der Waals surface area contributed by atoms with Crippen molar-refractivity contribution in [3.8, 4) is 10.6 Å². The van der Waals surface area contributed by atoms with Gasteiger partial charge in [0.05, 0.1) is 39.7 Å². The van der Waals surface area contributed by atoms with Crippen LogP contribution in [0.25, 0.3) is 21.5 Å². The number of rotatable bonds is 1. The Bertz CT molecular complexity index is 1320. The molecule has 3 aliphatic rings. The number of aromatic nitrogens is 2. The highest BCUT2D eigenvalue weighted by Crippen LogP contribution is 2.51. The molecule has 4 amide bonds. The molecular weight excluding hydrogens is 470 g/mol. The van der Waals surface area contributed by atoms with Crippen LogP contribution in [0.1, 0.15) is 19.4 Å². The first kappa shape index (κ1) is 20.6. The largest absolute Gasteiger partial charge is 0.372 e. The number of hydrogen-bond donors (Lipinski definition) is 2. The second kappa shape index (κ2) is 6.99. The number of halogens is 1. The van der Waals surface area contributed by atoms with Crippen LogP contribution in [0.2, 0.25) is 5.02 Å². The lowest BCUT2D eigenvalue weighted by atomic mass is 9.66. The third-order valence-corrected chi connectivity index (χ3v) is 7.76. The fourth-order valence-corrected chi connectivity index (χ4v) is 6.44. The van der Waals surface area contributed by atoms with E-state index in [0.717, 1.165) is 4.88 Å². The number of carbonyl (C=O) groups excluding carboxylic acids is 3. The van der Waals surface area contributed by atoms with E-state index in [0.29, 0.717) is 39.5 Å². The molecule has 1 spiro atoms. The van der Waals surface area contributed by atoms with Crippen molar-refractivity contribution in [2.24, 2.45) is 5.41 Å². The van der Waals surface area contributed by atoms with Crippen LogP contribution in [0.15, 0.2) is 22.3 Å². The first-order chi connectivity index (χ1) is 15.8. The van der Waals surface area contributed by atoms with Gasteiger partial charge in [-0.15, -0.1) is 11.3 Å². The molecule has 3 aromatic rings. The van der Waals surface area contributed by atoms with Gasteiger partial charge in [0.15, 0.2) is 11.0 Å². The van der Waals surface area contributed by atoms with E-state index < -0.39 is 35.4 Å². The van der Waals surface area contributed by atoms with Crippen LogP contribution in [0.4, 0.5) is 10.5 Å². The maximum Gasteiger partial charge on any atom is 0.328 e. The van der Waals surface area contributed by atoms with Crippen LogP contribution >= 0.6 is 22.9 Å². The lowest BCUT2D eigenvalue weighted by Gasteiger charge is -2.55. The van der Waals surface area contributed by atoms with Crippen LogP contribution in [-0.4, -0.2) is 52.8 Å². The number of anilines is 1. The standard InChI is InChI=1S/C21H18ClN5O5S/c1-8-6-27-15-10(3-11-14(12-5-23-7-33-12)26-32-16(11)13(15)22)4-21(17(27)9(2)31-8)18(28)24-20(30)25-19(21)29/h3,5,7-9,17H,4,6H2,1-2H3,(H2,24,25,28,29,30)/t8-,9+,17-/m0/s1. The summed E-state index contributed by atoms with van der Waals surface area (Å²) in [4.78, 5) is 45.3. The smallest absolute Gasteiger partial charge is 0.328 e. The molecule has 3 atom stereocenters. The SMILES string of the molecule is C[C@H]1CN2c3c(cc4c(-c5cncs5)noc4c3Cl)CC3(C(=O)NC(=O)NC3=O)[C@@H]2[C@@H](C)O1. The van der Waals surface area contributed by atoms with Crippen LogP contribution in [0.3, 0.4) is 0 Å². The number of carbonyl (C=O) groups is 3. The summed E-state index contributed by atoms with van der Waals surface area (Å²) in [5.74, 6) is -1.29. The Hall–Kier alpha value is -3.02. The minimum atomic E-state index is -1.57. The third-order valence-electron chi connectivity index (χ3n) is 6.63. The van der Waals surface area contributed by atoms with Crippen LogP contribution in [0, 0.1) is 5.41 Å². The molecule has 1 aromatic carbocycles. The molecule has 10 nitrogen and oxygen atoms in total. The van der Waals surface area contributed by atoms with Gasteiger partial charge >= 0.3 is 6.03 Å². The Morgan fingerprint density at radius 2 is 2.00 bits per heavy atom. The Balaban J connectivity index is 1.61. The minimum absolute atomic E-state index is 0.0412. The van der Waals surface area contributed by atoms with E-state index in [2.05, 4.69) is 20.8 Å². The topological polar surface area (TPSA) is 127 Å². The summed E-state index contributed by atoms with van der Waals surface area (Å²) >= 11 is 8.30. The van der Waals surface area contributed by atoms with Gasteiger partial charge in [0.25, 0.3) is 0 Å². The molecule has 170 valence electrons. The maximum atomic E-state index is 13.3. The van der Waals surface area contributed by atoms with Crippen molar-refractivity contribution in [1.82, 2.24) is 20.8 Å². The van der Waals surface area contributed by atoms with Gasteiger partial charge in [-0.05, 0) is 31.9 Å². The Labute approximate surface area is 196 Å². The van der Waals surface area contributed by atoms with E-state index in [4.69, 9.17) is 20.9 Å². The normalized spacial score (nSPS) is 26.2. The van der Waals surface area contributed by atoms with Crippen molar-refractivity contribution in [1.29, 1.82) is 0 Å². The number of barbiturate groups is 1. The molecule has 2 N–H and O–H groups in total. The monoisotopic (exact) mass is 487 g/mol. The lowest BCUT2D eigenvalue weighted by molar-refractivity contribution is -0.153. The quantitative estimate of drug-likeness (QED) is 0.501. The number of ether oxygens (including phenoxy) is 1. The summed E-state index contributed by atoms with van der Waals surface area (Å²) < 4.78 is 11.7. The number of benzene rings is 1. The molecule has 2 saturated heterocycles. The number of thiazole rings is 1. The van der Waals surface area contributed by atoms with Crippen molar-refractivity contribution in [3.63, 3.8) is 0 Å². The average molecular weight is 488 g/mol. The molecule has 0 aliphatic carbocycles. The molecule has 6 rings (SSSR count). The Kier molecular flexibility index (Phi) is 4.36. The average Bonchev–Trinajstić information content (AvgIpc) is 3.41. The van der Waals surface area contributed by atoms with Crippen molar-refractivity contribution in [2.45, 2.75) is 38.5 Å². The predicted octanol–water partition coefficient (Wildman–Crippen LogP) is 2.50. The molecule has 0 radical (unpaired) electrons. The second-order valence-corrected chi connectivity index (χ2v) is 9.87. The summed E-state index contributed by atoms with van der Waals surface area (Å²) in [6, 6.07) is 0.362. The number of hydrogen-bond acceptors (Lipinski definition) is 9. The Morgan fingerprint density at radius 1 is 1.24 bits per heavy atom. The highest BCUT2D eigenvalue weighted by molar-refractivity contribution is 7.13. The van der Waals surface area contributed by atoms with Gasteiger partial charge < -0.3 is 14.2 Å². The van der Waals surface area contributed by atoms with Gasteiger partial charge in [0.1, 0.15) is 10.7 Å². The minimum Gasteiger partial charge on any atom is -0.372 e. The van der Waals surface area contributed by atoms with Gasteiger partial charge in [0.2, 0.25) is 11.8 Å². The molecule has 0 bridgehead atoms. The fourth-order valence-electron chi connectivity index (χ4n) is 5.46. The van der Waals surface area contributed by atoms with Crippen molar-refractivity contribution in [2.75, 3.05) is 11.4 Å². The van der Waals surface area contributed by atoms with E-state index in [1.54, 1.807) is 11.7 Å². The second-order valence-electron chi connectivity index (χ2n) is 8.61. The molecule has 5 heterocycles. The maximum absolute atomic E-state index is 13.3. The van der Waals surface area contributed by atoms with Gasteiger partial charge in [-0.3, -0.25) is 25.2 Å². The summed E-state index contributed by atoms with van der Waals surface area (Å²) in [5.41, 5.74) is 2.52. The number of urea groups is 1. The first-order valence-corrected chi connectivity index (χ1v) is 11.7. The zero-order valence-corrected chi connectivity index (χ0v) is 19.1. The molecule has 33 heavy (non-hydrogen) atoms. The van der Waals surface area contributed by atoms with E-state index >= 15 is 0 Å². The van der Waals surface area contributed by atoms with Crippen LogP contribution in [-0.2, 0) is 20.7 Å². The van der Waals surface area contributed by atoms with E-state index in [1.165, 1.54) is 11.3 Å². The first-order valence-electron chi connectivity index (χ1n) is 10.4. The molecule has 2 fully saturated rings. The van der Waals surface area contributed by atoms with Gasteiger partial charge in [-0.1, -0.05) is 16.8 Å². The van der Waals surface area contributed by atoms with E-state index in [1.807, 2.05) is 24.8 Å². The van der Waals surface area contributed by atoms with Gasteiger partial charge in [0, 0.05) is 12.7 Å². The number of nitrogens with zero attached hydrogens (tertiary/aromatic N) is 3. The Morgan fingerprint density at radius 3 is 2.70 bits per heavy atom. The van der Waals surface area contributed by atoms with Crippen molar-refractivity contribution >= 4 is 57.4 Å². The van der Waals surface area contributed by atoms with Crippen LogP contribution in [0.5, 0.6) is 0 Å². The summed E-state index contributed by atoms with van der Waals surface area (Å²) in [6.45, 7) is 4.14. The number of amides is 4. The molecule has 0 saturated carbocycles. The zero-order valence-electron chi connectivity index (χ0n) is 17.5. The lowest BCUT2D eigenvalue weighted by Crippen LogP contribution is -2.75. The summed E-state index contributed by atoms with van der Waals surface area (Å²) in [5, 5.41) is 9.81. The highest BCUT2D eigenvalue weighted by atomic mass is 35.5. The predicted molar refractivity (Wildman–Crippen MR) is 119 cm³/mol. The van der Waals surface area contributed by atoms with Crippen molar-refractivity contribution < 1.29 is 23.6 Å². The molecule has 12 heteroatoms. The number of imide groups is 2. The van der Waals surface area contributed by atoms with Crippen molar-refractivity contribution in [3.05, 3.63) is 28.4 Å². The summed E-state index contributed by atoms with van der Waals surface area (Å²) in [6.07, 6.45) is 1.07. The molecule has 3 aliphatic heterocycles. The molecular formula is C21H18ClN5O5S. The number of nitrogens with one attached hydrogen (secondary N) is 2. The third kappa shape index (κ3) is 2.73.